The summed E-state index contributed by atoms with van der Waals surface area (Å²) in [7, 11) is 0. The first-order valence-electron chi connectivity index (χ1n) is 8.32. The first-order valence-corrected chi connectivity index (χ1v) is 8.32. The molecule has 6 nitrogen and oxygen atoms in total. The lowest BCUT2D eigenvalue weighted by Crippen LogP contribution is -2.12. The van der Waals surface area contributed by atoms with Gasteiger partial charge < -0.3 is 16.4 Å². The molecule has 0 saturated heterocycles. The molecule has 0 radical (unpaired) electrons. The van der Waals surface area contributed by atoms with Crippen LogP contribution in [0.1, 0.15) is 19.4 Å². The molecule has 3 aromatic rings. The van der Waals surface area contributed by atoms with Gasteiger partial charge in [-0.05, 0) is 56.7 Å². The minimum atomic E-state index is -0.306. The van der Waals surface area contributed by atoms with Crippen LogP contribution in [0, 0.1) is 12.7 Å². The van der Waals surface area contributed by atoms with Crippen molar-refractivity contribution in [3.8, 4) is 11.5 Å². The Morgan fingerprint density at radius 1 is 1.00 bits per heavy atom. The summed E-state index contributed by atoms with van der Waals surface area (Å²) in [5.74, 6) is 1.69. The summed E-state index contributed by atoms with van der Waals surface area (Å²) < 4.78 is 13.7. The zero-order valence-corrected chi connectivity index (χ0v) is 14.9. The number of benzene rings is 1. The number of rotatable bonds is 5. The molecule has 134 valence electrons. The van der Waals surface area contributed by atoms with Crippen molar-refractivity contribution in [1.29, 1.82) is 0 Å². The van der Waals surface area contributed by atoms with Crippen LogP contribution >= 0.6 is 0 Å². The van der Waals surface area contributed by atoms with E-state index < -0.39 is 0 Å². The average molecular weight is 352 g/mol. The first-order chi connectivity index (χ1) is 12.4. The number of nitrogen functional groups attached to an aromatic ring is 1. The van der Waals surface area contributed by atoms with Crippen LogP contribution in [0.5, 0.6) is 0 Å². The molecule has 0 saturated carbocycles. The van der Waals surface area contributed by atoms with Gasteiger partial charge in [0.1, 0.15) is 29.0 Å². The van der Waals surface area contributed by atoms with Crippen molar-refractivity contribution < 1.29 is 4.39 Å². The number of hydrogen-bond donors (Lipinski definition) is 3. The monoisotopic (exact) mass is 352 g/mol. The van der Waals surface area contributed by atoms with Crippen molar-refractivity contribution in [1.82, 2.24) is 15.0 Å². The second-order valence-electron chi connectivity index (χ2n) is 6.35. The Kier molecular flexibility index (Phi) is 4.97. The summed E-state index contributed by atoms with van der Waals surface area (Å²) in [5, 5.41) is 6.39. The zero-order valence-electron chi connectivity index (χ0n) is 14.9. The lowest BCUT2D eigenvalue weighted by atomic mass is 10.2. The van der Waals surface area contributed by atoms with Crippen LogP contribution in [-0.4, -0.2) is 21.0 Å². The van der Waals surface area contributed by atoms with Gasteiger partial charge in [-0.1, -0.05) is 6.07 Å². The minimum Gasteiger partial charge on any atom is -0.384 e. The van der Waals surface area contributed by atoms with E-state index in [0.717, 1.165) is 5.56 Å². The second-order valence-corrected chi connectivity index (χ2v) is 6.35. The highest BCUT2D eigenvalue weighted by Crippen LogP contribution is 2.23. The molecule has 4 N–H and O–H groups in total. The SMILES string of the molecule is Cc1cc(F)cc(Nc2cc(NC(C)C)nc(-c3cccc(N)n3)n2)c1. The Morgan fingerprint density at radius 2 is 1.77 bits per heavy atom. The van der Waals surface area contributed by atoms with E-state index in [0.29, 0.717) is 34.7 Å². The molecular weight excluding hydrogens is 331 g/mol. The third kappa shape index (κ3) is 4.44. The molecule has 0 fully saturated rings. The summed E-state index contributed by atoms with van der Waals surface area (Å²) in [4.78, 5) is 13.3. The number of aryl methyl sites for hydroxylation is 1. The number of aromatic nitrogens is 3. The van der Waals surface area contributed by atoms with Crippen LogP contribution in [0.4, 0.5) is 27.5 Å². The van der Waals surface area contributed by atoms with E-state index in [1.165, 1.54) is 12.1 Å². The highest BCUT2D eigenvalue weighted by molar-refractivity contribution is 5.64. The third-order valence-electron chi connectivity index (χ3n) is 3.48. The fraction of sp³-hybridized carbons (Fsp3) is 0.211. The summed E-state index contributed by atoms with van der Waals surface area (Å²) >= 11 is 0. The predicted octanol–water partition coefficient (Wildman–Crippen LogP) is 4.13. The molecule has 3 rings (SSSR count). The van der Waals surface area contributed by atoms with Crippen LogP contribution in [0.25, 0.3) is 11.5 Å². The molecule has 0 amide bonds. The molecular formula is C19H21FN6. The number of nitrogens with one attached hydrogen (secondary N) is 2. The zero-order chi connectivity index (χ0) is 18.7. The largest absolute Gasteiger partial charge is 0.384 e. The molecule has 0 unspecified atom stereocenters. The van der Waals surface area contributed by atoms with E-state index in [4.69, 9.17) is 5.73 Å². The van der Waals surface area contributed by atoms with Gasteiger partial charge in [0.05, 0.1) is 0 Å². The van der Waals surface area contributed by atoms with Crippen LogP contribution in [0.15, 0.2) is 42.5 Å². The lowest BCUT2D eigenvalue weighted by Gasteiger charge is -2.13. The van der Waals surface area contributed by atoms with Crippen molar-refractivity contribution in [3.63, 3.8) is 0 Å². The van der Waals surface area contributed by atoms with Crippen molar-refractivity contribution in [2.75, 3.05) is 16.4 Å². The molecule has 0 spiro atoms. The van der Waals surface area contributed by atoms with Gasteiger partial charge in [-0.25, -0.2) is 19.3 Å². The molecule has 0 aliphatic heterocycles. The molecule has 0 aliphatic rings. The van der Waals surface area contributed by atoms with Crippen molar-refractivity contribution in [2.45, 2.75) is 26.8 Å². The molecule has 0 atom stereocenters. The highest BCUT2D eigenvalue weighted by Gasteiger charge is 2.10. The van der Waals surface area contributed by atoms with Gasteiger partial charge in [-0.3, -0.25) is 0 Å². The summed E-state index contributed by atoms with van der Waals surface area (Å²) in [5.41, 5.74) is 7.77. The molecule has 7 heteroatoms. The summed E-state index contributed by atoms with van der Waals surface area (Å²) in [6.07, 6.45) is 0. The average Bonchev–Trinajstić information content (AvgIpc) is 2.53. The van der Waals surface area contributed by atoms with Crippen LogP contribution in [-0.2, 0) is 0 Å². The summed E-state index contributed by atoms with van der Waals surface area (Å²) in [6.45, 7) is 5.87. The van der Waals surface area contributed by atoms with Crippen molar-refractivity contribution in [3.05, 3.63) is 53.8 Å². The number of halogens is 1. The van der Waals surface area contributed by atoms with Gasteiger partial charge in [0.25, 0.3) is 0 Å². The molecule has 1 aromatic carbocycles. The van der Waals surface area contributed by atoms with E-state index in [9.17, 15) is 4.39 Å². The first kappa shape index (κ1) is 17.6. The topological polar surface area (TPSA) is 88.8 Å². The van der Waals surface area contributed by atoms with Crippen molar-refractivity contribution in [2.24, 2.45) is 0 Å². The molecule has 26 heavy (non-hydrogen) atoms. The Labute approximate surface area is 151 Å². The van der Waals surface area contributed by atoms with Gasteiger partial charge in [0.15, 0.2) is 5.82 Å². The molecule has 2 aromatic heterocycles. The van der Waals surface area contributed by atoms with E-state index in [1.807, 2.05) is 26.8 Å². The van der Waals surface area contributed by atoms with E-state index in [1.54, 1.807) is 24.3 Å². The quantitative estimate of drug-likeness (QED) is 0.640. The predicted molar refractivity (Wildman–Crippen MR) is 103 cm³/mol. The van der Waals surface area contributed by atoms with Crippen LogP contribution in [0.2, 0.25) is 0 Å². The molecule has 2 heterocycles. The second kappa shape index (κ2) is 7.35. The summed E-state index contributed by atoms with van der Waals surface area (Å²) in [6, 6.07) is 12.0. The fourth-order valence-electron chi connectivity index (χ4n) is 2.53. The highest BCUT2D eigenvalue weighted by atomic mass is 19.1. The van der Waals surface area contributed by atoms with Crippen LogP contribution in [0.3, 0.4) is 0 Å². The lowest BCUT2D eigenvalue weighted by molar-refractivity contribution is 0.627. The minimum absolute atomic E-state index is 0.191. The van der Waals surface area contributed by atoms with Gasteiger partial charge in [-0.15, -0.1) is 0 Å². The maximum atomic E-state index is 13.7. The van der Waals surface area contributed by atoms with Gasteiger partial charge in [-0.2, -0.15) is 0 Å². The number of anilines is 4. The van der Waals surface area contributed by atoms with Crippen molar-refractivity contribution >= 4 is 23.1 Å². The van der Waals surface area contributed by atoms with Gasteiger partial charge in [0.2, 0.25) is 0 Å². The Bertz CT molecular complexity index is 905. The van der Waals surface area contributed by atoms with Crippen LogP contribution < -0.4 is 16.4 Å². The Morgan fingerprint density at radius 3 is 2.46 bits per heavy atom. The normalized spacial score (nSPS) is 10.8. The Hall–Kier alpha value is -3.22. The number of pyridine rings is 1. The third-order valence-corrected chi connectivity index (χ3v) is 3.48. The number of nitrogens with zero attached hydrogens (tertiary/aromatic N) is 3. The maximum Gasteiger partial charge on any atom is 0.182 e. The molecule has 0 aliphatic carbocycles. The van der Waals surface area contributed by atoms with Gasteiger partial charge >= 0.3 is 0 Å². The van der Waals surface area contributed by atoms with E-state index in [2.05, 4.69) is 25.6 Å². The maximum absolute atomic E-state index is 13.7. The van der Waals surface area contributed by atoms with E-state index >= 15 is 0 Å². The Balaban J connectivity index is 2.01. The number of hydrogen-bond acceptors (Lipinski definition) is 6. The molecule has 0 bridgehead atoms. The van der Waals surface area contributed by atoms with Gasteiger partial charge in [0, 0.05) is 17.8 Å². The number of nitrogens with two attached hydrogens (primary N) is 1. The standard InChI is InChI=1S/C19H21FN6/c1-11(2)22-17-10-18(23-14-8-12(3)7-13(20)9-14)26-19(25-17)15-5-4-6-16(21)24-15/h4-11H,1-3H3,(H2,21,24)(H2,22,23,25,26). The smallest absolute Gasteiger partial charge is 0.182 e. The fourth-order valence-corrected chi connectivity index (χ4v) is 2.53. The van der Waals surface area contributed by atoms with E-state index in [-0.39, 0.29) is 11.9 Å².